The van der Waals surface area contributed by atoms with Gasteiger partial charge in [0.2, 0.25) is 11.8 Å². The van der Waals surface area contributed by atoms with E-state index in [9.17, 15) is 14.0 Å². The van der Waals surface area contributed by atoms with Gasteiger partial charge >= 0.3 is 0 Å². The van der Waals surface area contributed by atoms with Gasteiger partial charge in [-0.2, -0.15) is 5.26 Å². The van der Waals surface area contributed by atoms with E-state index in [1.807, 2.05) is 13.0 Å². The maximum Gasteiger partial charge on any atom is 0.247 e. The van der Waals surface area contributed by atoms with Crippen molar-refractivity contribution in [2.24, 2.45) is 0 Å². The molecule has 138 valence electrons. The molecule has 0 saturated carbocycles. The monoisotopic (exact) mass is 383 g/mol. The van der Waals surface area contributed by atoms with Crippen molar-refractivity contribution in [2.45, 2.75) is 24.6 Å². The Bertz CT molecular complexity index is 926. The van der Waals surface area contributed by atoms with Crippen LogP contribution < -0.4 is 10.6 Å². The molecule has 2 atom stereocenters. The standard InChI is InChI=1S/C20H18FN3O2S/c1-12-6-7-13(10-22)8-16(12)23-19(25)17-11-27-18(20(26)24-17)9-14-4-2-3-5-15(14)21/h2-8,17-18H,9,11H2,1H3,(H,23,25)(H,24,26)/t17-,18-/m0/s1. The summed E-state index contributed by atoms with van der Waals surface area (Å²) in [6.07, 6.45) is 0.279. The molecular formula is C20H18FN3O2S. The fraction of sp³-hybridized carbons (Fsp3) is 0.250. The Morgan fingerprint density at radius 3 is 2.85 bits per heavy atom. The lowest BCUT2D eigenvalue weighted by molar-refractivity contribution is -0.126. The van der Waals surface area contributed by atoms with Gasteiger partial charge < -0.3 is 10.6 Å². The zero-order valence-electron chi connectivity index (χ0n) is 14.7. The lowest BCUT2D eigenvalue weighted by atomic mass is 10.1. The highest BCUT2D eigenvalue weighted by Crippen LogP contribution is 2.24. The molecule has 1 aliphatic rings. The zero-order chi connectivity index (χ0) is 19.4. The molecule has 3 rings (SSSR count). The van der Waals surface area contributed by atoms with Crippen LogP contribution in [0.1, 0.15) is 16.7 Å². The number of nitrogens with zero attached hydrogens (tertiary/aromatic N) is 1. The summed E-state index contributed by atoms with van der Waals surface area (Å²) >= 11 is 1.34. The summed E-state index contributed by atoms with van der Waals surface area (Å²) in [5.41, 5.74) is 2.31. The minimum atomic E-state index is -0.676. The zero-order valence-corrected chi connectivity index (χ0v) is 15.5. The molecule has 2 aromatic rings. The van der Waals surface area contributed by atoms with Crippen molar-refractivity contribution in [1.29, 1.82) is 5.26 Å². The van der Waals surface area contributed by atoms with Gasteiger partial charge in [0.1, 0.15) is 11.9 Å². The fourth-order valence-electron chi connectivity index (χ4n) is 2.80. The predicted octanol–water partition coefficient (Wildman–Crippen LogP) is 2.79. The molecule has 0 aromatic heterocycles. The molecule has 2 aromatic carbocycles. The molecule has 0 radical (unpaired) electrons. The molecule has 2 N–H and O–H groups in total. The van der Waals surface area contributed by atoms with Crippen LogP contribution >= 0.6 is 11.8 Å². The van der Waals surface area contributed by atoms with Crippen LogP contribution in [0.15, 0.2) is 42.5 Å². The van der Waals surface area contributed by atoms with Crippen molar-refractivity contribution in [3.8, 4) is 6.07 Å². The molecule has 1 heterocycles. The first kappa shape index (κ1) is 18.9. The summed E-state index contributed by atoms with van der Waals surface area (Å²) in [7, 11) is 0. The minimum absolute atomic E-state index is 0.279. The number of benzene rings is 2. The number of halogens is 1. The number of thioether (sulfide) groups is 1. The van der Waals surface area contributed by atoms with Gasteiger partial charge in [0, 0.05) is 11.4 Å². The molecule has 0 bridgehead atoms. The molecule has 0 aliphatic carbocycles. The maximum atomic E-state index is 13.8. The maximum absolute atomic E-state index is 13.8. The summed E-state index contributed by atoms with van der Waals surface area (Å²) in [5.74, 6) is -0.553. The second kappa shape index (κ2) is 8.23. The van der Waals surface area contributed by atoms with E-state index in [-0.39, 0.29) is 24.1 Å². The van der Waals surface area contributed by atoms with Crippen LogP contribution in [-0.2, 0) is 16.0 Å². The van der Waals surface area contributed by atoms with E-state index in [0.29, 0.717) is 22.6 Å². The van der Waals surface area contributed by atoms with Gasteiger partial charge in [-0.25, -0.2) is 4.39 Å². The van der Waals surface area contributed by atoms with E-state index in [0.717, 1.165) is 5.56 Å². The second-order valence-electron chi connectivity index (χ2n) is 6.31. The van der Waals surface area contributed by atoms with Crippen LogP contribution in [0.5, 0.6) is 0 Å². The summed E-state index contributed by atoms with van der Waals surface area (Å²) < 4.78 is 13.8. The lowest BCUT2D eigenvalue weighted by Crippen LogP contribution is -2.52. The van der Waals surface area contributed by atoms with Crippen LogP contribution in [0.2, 0.25) is 0 Å². The predicted molar refractivity (Wildman–Crippen MR) is 103 cm³/mol. The first-order valence-corrected chi connectivity index (χ1v) is 9.50. The summed E-state index contributed by atoms with van der Waals surface area (Å²) in [4.78, 5) is 24.9. The molecule has 1 aliphatic heterocycles. The number of hydrogen-bond acceptors (Lipinski definition) is 4. The van der Waals surface area contributed by atoms with Gasteiger partial charge in [-0.15, -0.1) is 11.8 Å². The molecule has 1 saturated heterocycles. The summed E-state index contributed by atoms with van der Waals surface area (Å²) in [6, 6.07) is 12.8. The quantitative estimate of drug-likeness (QED) is 0.851. The van der Waals surface area contributed by atoms with E-state index in [1.54, 1.807) is 36.4 Å². The lowest BCUT2D eigenvalue weighted by Gasteiger charge is -2.28. The van der Waals surface area contributed by atoms with E-state index >= 15 is 0 Å². The fourth-order valence-corrected chi connectivity index (χ4v) is 3.97. The van der Waals surface area contributed by atoms with Crippen LogP contribution in [-0.4, -0.2) is 28.9 Å². The highest BCUT2D eigenvalue weighted by atomic mass is 32.2. The van der Waals surface area contributed by atoms with E-state index in [4.69, 9.17) is 5.26 Å². The topological polar surface area (TPSA) is 82.0 Å². The van der Waals surface area contributed by atoms with Crippen LogP contribution in [0.4, 0.5) is 10.1 Å². The Morgan fingerprint density at radius 1 is 1.37 bits per heavy atom. The number of anilines is 1. The van der Waals surface area contributed by atoms with Crippen LogP contribution in [0.3, 0.4) is 0 Å². The van der Waals surface area contributed by atoms with Crippen LogP contribution in [0, 0.1) is 24.1 Å². The number of rotatable bonds is 4. The van der Waals surface area contributed by atoms with Crippen molar-refractivity contribution in [3.05, 3.63) is 65.0 Å². The van der Waals surface area contributed by atoms with E-state index < -0.39 is 11.3 Å². The van der Waals surface area contributed by atoms with Gasteiger partial charge in [0.05, 0.1) is 16.9 Å². The molecule has 5 nitrogen and oxygen atoms in total. The van der Waals surface area contributed by atoms with Crippen LogP contribution in [0.25, 0.3) is 0 Å². The van der Waals surface area contributed by atoms with Crippen molar-refractivity contribution in [3.63, 3.8) is 0 Å². The van der Waals surface area contributed by atoms with Gasteiger partial charge in [0.25, 0.3) is 0 Å². The van der Waals surface area contributed by atoms with Gasteiger partial charge in [-0.3, -0.25) is 9.59 Å². The summed E-state index contributed by atoms with van der Waals surface area (Å²) in [6.45, 7) is 1.83. The van der Waals surface area contributed by atoms with Crippen molar-refractivity contribution >= 4 is 29.3 Å². The molecule has 7 heteroatoms. The molecule has 2 amide bonds. The van der Waals surface area contributed by atoms with Crippen molar-refractivity contribution in [1.82, 2.24) is 5.32 Å². The average Bonchev–Trinajstić information content (AvgIpc) is 2.66. The third-order valence-electron chi connectivity index (χ3n) is 4.38. The summed E-state index contributed by atoms with van der Waals surface area (Å²) in [5, 5.41) is 14.0. The normalized spacial score (nSPS) is 19.1. The molecule has 27 heavy (non-hydrogen) atoms. The first-order chi connectivity index (χ1) is 13.0. The smallest absolute Gasteiger partial charge is 0.247 e. The number of amides is 2. The molecule has 1 fully saturated rings. The van der Waals surface area contributed by atoms with Crippen molar-refractivity contribution in [2.75, 3.05) is 11.1 Å². The Hall–Kier alpha value is -2.85. The Balaban J connectivity index is 1.62. The molecule has 0 unspecified atom stereocenters. The SMILES string of the molecule is Cc1ccc(C#N)cc1NC(=O)[C@@H]1CS[C@@H](Cc2ccccc2F)C(=O)N1. The molecular weight excluding hydrogens is 365 g/mol. The number of nitrogens with one attached hydrogen (secondary N) is 2. The minimum Gasteiger partial charge on any atom is -0.343 e. The van der Waals surface area contributed by atoms with Gasteiger partial charge in [-0.05, 0) is 42.7 Å². The third-order valence-corrected chi connectivity index (χ3v) is 5.69. The second-order valence-corrected chi connectivity index (χ2v) is 7.55. The molecule has 0 spiro atoms. The van der Waals surface area contributed by atoms with E-state index in [1.165, 1.54) is 17.8 Å². The highest BCUT2D eigenvalue weighted by Gasteiger charge is 2.33. The van der Waals surface area contributed by atoms with E-state index in [2.05, 4.69) is 10.6 Å². The van der Waals surface area contributed by atoms with Crippen molar-refractivity contribution < 1.29 is 14.0 Å². The Labute approximate surface area is 161 Å². The highest BCUT2D eigenvalue weighted by molar-refractivity contribution is 8.00. The number of carbonyl (C=O) groups is 2. The number of hydrogen-bond donors (Lipinski definition) is 2. The van der Waals surface area contributed by atoms with Gasteiger partial charge in [-0.1, -0.05) is 24.3 Å². The van der Waals surface area contributed by atoms with Gasteiger partial charge in [0.15, 0.2) is 0 Å². The number of aryl methyl sites for hydroxylation is 1. The average molecular weight is 383 g/mol. The number of carbonyl (C=O) groups excluding carboxylic acids is 2. The Kier molecular flexibility index (Phi) is 5.77. The largest absolute Gasteiger partial charge is 0.343 e. The Morgan fingerprint density at radius 2 is 2.15 bits per heavy atom. The third kappa shape index (κ3) is 4.47. The number of nitriles is 1. The first-order valence-electron chi connectivity index (χ1n) is 8.45.